The standard InChI is InChI=1S/C15H17N3O3/c1-21-8-7-18(6-2-5-16)15(20)12-4-3-11-10-14(19)17-13(11)9-12/h3-4,9H,2,6-8,10H2,1H3,(H,17,19). The first kappa shape index (κ1) is 15.0. The van der Waals surface area contributed by atoms with Crippen molar-refractivity contribution < 1.29 is 14.3 Å². The summed E-state index contributed by atoms with van der Waals surface area (Å²) in [5.74, 6) is -0.221. The van der Waals surface area contributed by atoms with E-state index in [1.54, 1.807) is 30.2 Å². The Morgan fingerprint density at radius 1 is 1.48 bits per heavy atom. The van der Waals surface area contributed by atoms with Crippen LogP contribution in [-0.4, -0.2) is 43.5 Å². The zero-order chi connectivity index (χ0) is 15.2. The average Bonchev–Trinajstić information content (AvgIpc) is 2.85. The number of ether oxygens (including phenoxy) is 1. The molecule has 0 saturated heterocycles. The van der Waals surface area contributed by atoms with Gasteiger partial charge in [-0.15, -0.1) is 0 Å². The molecular formula is C15H17N3O3. The Labute approximate surface area is 123 Å². The van der Waals surface area contributed by atoms with Gasteiger partial charge in [0.1, 0.15) is 0 Å². The number of nitriles is 1. The number of benzene rings is 1. The highest BCUT2D eigenvalue weighted by Gasteiger charge is 2.21. The van der Waals surface area contributed by atoms with Gasteiger partial charge < -0.3 is 15.0 Å². The van der Waals surface area contributed by atoms with Crippen molar-refractivity contribution >= 4 is 17.5 Å². The highest BCUT2D eigenvalue weighted by molar-refractivity contribution is 6.02. The lowest BCUT2D eigenvalue weighted by Crippen LogP contribution is -2.34. The maximum Gasteiger partial charge on any atom is 0.254 e. The van der Waals surface area contributed by atoms with Gasteiger partial charge in [-0.1, -0.05) is 6.07 Å². The molecule has 0 spiro atoms. The van der Waals surface area contributed by atoms with E-state index in [2.05, 4.69) is 5.32 Å². The topological polar surface area (TPSA) is 82.4 Å². The number of fused-ring (bicyclic) bond motifs is 1. The maximum atomic E-state index is 12.5. The lowest BCUT2D eigenvalue weighted by atomic mass is 10.1. The van der Waals surface area contributed by atoms with E-state index in [9.17, 15) is 9.59 Å². The van der Waals surface area contributed by atoms with E-state index >= 15 is 0 Å². The number of amides is 2. The summed E-state index contributed by atoms with van der Waals surface area (Å²) in [5.41, 5.74) is 2.10. The van der Waals surface area contributed by atoms with Gasteiger partial charge in [0, 0.05) is 31.5 Å². The van der Waals surface area contributed by atoms with Crippen LogP contribution in [0.25, 0.3) is 0 Å². The summed E-state index contributed by atoms with van der Waals surface area (Å²) in [6, 6.07) is 7.23. The molecule has 1 heterocycles. The molecule has 1 aromatic carbocycles. The number of methoxy groups -OCH3 is 1. The second-order valence-electron chi connectivity index (χ2n) is 4.79. The minimum Gasteiger partial charge on any atom is -0.383 e. The van der Waals surface area contributed by atoms with E-state index in [1.807, 2.05) is 6.07 Å². The summed E-state index contributed by atoms with van der Waals surface area (Å²) in [6.07, 6.45) is 0.628. The van der Waals surface area contributed by atoms with Gasteiger partial charge in [0.2, 0.25) is 5.91 Å². The first-order valence-corrected chi connectivity index (χ1v) is 6.73. The molecule has 2 rings (SSSR count). The molecule has 0 atom stereocenters. The van der Waals surface area contributed by atoms with E-state index < -0.39 is 0 Å². The van der Waals surface area contributed by atoms with Crippen molar-refractivity contribution in [2.75, 3.05) is 32.1 Å². The number of carbonyl (C=O) groups excluding carboxylic acids is 2. The number of nitrogens with zero attached hydrogens (tertiary/aromatic N) is 2. The molecule has 6 nitrogen and oxygen atoms in total. The highest BCUT2D eigenvalue weighted by Crippen LogP contribution is 2.24. The number of hydrogen-bond acceptors (Lipinski definition) is 4. The number of nitrogens with one attached hydrogen (secondary N) is 1. The Balaban J connectivity index is 2.14. The van der Waals surface area contributed by atoms with Crippen molar-refractivity contribution in [3.8, 4) is 6.07 Å². The van der Waals surface area contributed by atoms with Crippen LogP contribution >= 0.6 is 0 Å². The Hall–Kier alpha value is -2.39. The molecular weight excluding hydrogens is 270 g/mol. The number of rotatable bonds is 6. The molecule has 0 aliphatic carbocycles. The van der Waals surface area contributed by atoms with E-state index in [-0.39, 0.29) is 18.2 Å². The van der Waals surface area contributed by atoms with Crippen LogP contribution in [0.2, 0.25) is 0 Å². The third-order valence-electron chi connectivity index (χ3n) is 3.33. The predicted molar refractivity (Wildman–Crippen MR) is 76.8 cm³/mol. The Bertz CT molecular complexity index is 592. The summed E-state index contributed by atoms with van der Waals surface area (Å²) >= 11 is 0. The van der Waals surface area contributed by atoms with Gasteiger partial charge in [0.05, 0.1) is 25.5 Å². The molecule has 1 aliphatic heterocycles. The summed E-state index contributed by atoms with van der Waals surface area (Å²) < 4.78 is 4.99. The average molecular weight is 287 g/mol. The Kier molecular flexibility index (Phi) is 4.90. The lowest BCUT2D eigenvalue weighted by Gasteiger charge is -2.21. The fourth-order valence-electron chi connectivity index (χ4n) is 2.23. The van der Waals surface area contributed by atoms with Gasteiger partial charge in [0.25, 0.3) is 5.91 Å². The van der Waals surface area contributed by atoms with Crippen LogP contribution in [0.1, 0.15) is 22.3 Å². The molecule has 21 heavy (non-hydrogen) atoms. The summed E-state index contributed by atoms with van der Waals surface area (Å²) in [5, 5.41) is 11.4. The minimum absolute atomic E-state index is 0.0599. The quantitative estimate of drug-likeness (QED) is 0.851. The van der Waals surface area contributed by atoms with Crippen LogP contribution in [-0.2, 0) is 16.0 Å². The van der Waals surface area contributed by atoms with Crippen molar-refractivity contribution in [2.24, 2.45) is 0 Å². The van der Waals surface area contributed by atoms with E-state index in [4.69, 9.17) is 10.00 Å². The SMILES string of the molecule is COCCN(CCC#N)C(=O)c1ccc2c(c1)NC(=O)C2. The molecule has 0 aromatic heterocycles. The van der Waals surface area contributed by atoms with Gasteiger partial charge in [0.15, 0.2) is 0 Å². The summed E-state index contributed by atoms with van der Waals surface area (Å²) in [6.45, 7) is 1.21. The molecule has 110 valence electrons. The molecule has 2 amide bonds. The first-order chi connectivity index (χ1) is 10.2. The maximum absolute atomic E-state index is 12.5. The van der Waals surface area contributed by atoms with Crippen molar-refractivity contribution in [1.29, 1.82) is 5.26 Å². The Morgan fingerprint density at radius 2 is 2.29 bits per heavy atom. The van der Waals surface area contributed by atoms with Crippen LogP contribution in [0, 0.1) is 11.3 Å². The van der Waals surface area contributed by atoms with E-state index in [0.29, 0.717) is 37.4 Å². The van der Waals surface area contributed by atoms with Crippen molar-refractivity contribution in [3.05, 3.63) is 29.3 Å². The molecule has 0 bridgehead atoms. The van der Waals surface area contributed by atoms with Gasteiger partial charge in [-0.05, 0) is 17.7 Å². The smallest absolute Gasteiger partial charge is 0.254 e. The number of hydrogen-bond donors (Lipinski definition) is 1. The van der Waals surface area contributed by atoms with Crippen molar-refractivity contribution in [2.45, 2.75) is 12.8 Å². The van der Waals surface area contributed by atoms with Crippen molar-refractivity contribution in [1.82, 2.24) is 4.90 Å². The molecule has 1 aromatic rings. The molecule has 0 radical (unpaired) electrons. The van der Waals surface area contributed by atoms with Crippen LogP contribution in [0.15, 0.2) is 18.2 Å². The third kappa shape index (κ3) is 3.58. The predicted octanol–water partition coefficient (Wildman–Crippen LogP) is 1.18. The minimum atomic E-state index is -0.161. The fourth-order valence-corrected chi connectivity index (χ4v) is 2.23. The molecule has 0 unspecified atom stereocenters. The summed E-state index contributed by atoms with van der Waals surface area (Å²) in [4.78, 5) is 25.4. The van der Waals surface area contributed by atoms with Crippen LogP contribution in [0.5, 0.6) is 0 Å². The summed E-state index contributed by atoms with van der Waals surface area (Å²) in [7, 11) is 1.57. The monoisotopic (exact) mass is 287 g/mol. The number of anilines is 1. The lowest BCUT2D eigenvalue weighted by molar-refractivity contribution is -0.115. The molecule has 6 heteroatoms. The highest BCUT2D eigenvalue weighted by atomic mass is 16.5. The van der Waals surface area contributed by atoms with Crippen LogP contribution in [0.4, 0.5) is 5.69 Å². The second kappa shape index (κ2) is 6.86. The normalized spacial score (nSPS) is 12.5. The molecule has 0 fully saturated rings. The molecule has 1 N–H and O–H groups in total. The van der Waals surface area contributed by atoms with Gasteiger partial charge in [-0.25, -0.2) is 0 Å². The number of carbonyl (C=O) groups is 2. The van der Waals surface area contributed by atoms with Gasteiger partial charge in [-0.2, -0.15) is 5.26 Å². The van der Waals surface area contributed by atoms with E-state index in [1.165, 1.54) is 0 Å². The molecule has 1 aliphatic rings. The van der Waals surface area contributed by atoms with Crippen molar-refractivity contribution in [3.63, 3.8) is 0 Å². The van der Waals surface area contributed by atoms with Gasteiger partial charge >= 0.3 is 0 Å². The van der Waals surface area contributed by atoms with Gasteiger partial charge in [-0.3, -0.25) is 9.59 Å². The van der Waals surface area contributed by atoms with E-state index in [0.717, 1.165) is 5.56 Å². The van der Waals surface area contributed by atoms with Crippen LogP contribution < -0.4 is 5.32 Å². The van der Waals surface area contributed by atoms with Crippen LogP contribution in [0.3, 0.4) is 0 Å². The second-order valence-corrected chi connectivity index (χ2v) is 4.79. The first-order valence-electron chi connectivity index (χ1n) is 6.73. The fraction of sp³-hybridized carbons (Fsp3) is 0.400. The Morgan fingerprint density at radius 3 is 3.00 bits per heavy atom. The zero-order valence-electron chi connectivity index (χ0n) is 11.9. The largest absolute Gasteiger partial charge is 0.383 e. The third-order valence-corrected chi connectivity index (χ3v) is 3.33. The zero-order valence-corrected chi connectivity index (χ0v) is 11.9. The molecule has 0 saturated carbocycles.